The van der Waals surface area contributed by atoms with Gasteiger partial charge in [-0.1, -0.05) is 30.7 Å². The van der Waals surface area contributed by atoms with E-state index in [9.17, 15) is 14.4 Å². The zero-order chi connectivity index (χ0) is 26.6. The van der Waals surface area contributed by atoms with Crippen LogP contribution < -0.4 is 15.4 Å². The molecule has 0 aromatic heterocycles. The predicted octanol–water partition coefficient (Wildman–Crippen LogP) is 4.75. The van der Waals surface area contributed by atoms with Crippen molar-refractivity contribution in [1.29, 1.82) is 0 Å². The molecule has 1 saturated carbocycles. The van der Waals surface area contributed by atoms with Crippen LogP contribution in [0.1, 0.15) is 56.8 Å². The van der Waals surface area contributed by atoms with Crippen molar-refractivity contribution in [3.8, 4) is 5.75 Å². The summed E-state index contributed by atoms with van der Waals surface area (Å²) < 4.78 is 10.5. The summed E-state index contributed by atoms with van der Waals surface area (Å²) in [5, 5.41) is 5.52. The molecule has 3 unspecified atom stereocenters. The lowest BCUT2D eigenvalue weighted by Crippen LogP contribution is -2.48. The molecule has 8 nitrogen and oxygen atoms in total. The number of ether oxygens (including phenoxy) is 2. The van der Waals surface area contributed by atoms with Gasteiger partial charge in [-0.2, -0.15) is 0 Å². The SMILES string of the molecule is COc1ccc(NC(=O)C(c2cc(C)ccc2C)N(C(=O)CNC(=O)OC(C)(C)C)C2CC2C)cc1. The molecular weight excluding hydrogens is 458 g/mol. The molecule has 2 aromatic carbocycles. The summed E-state index contributed by atoms with van der Waals surface area (Å²) in [6.45, 7) is 10.9. The van der Waals surface area contributed by atoms with Gasteiger partial charge in [-0.05, 0) is 82.3 Å². The van der Waals surface area contributed by atoms with Crippen molar-refractivity contribution in [3.63, 3.8) is 0 Å². The number of methoxy groups -OCH3 is 1. The molecule has 1 fully saturated rings. The minimum absolute atomic E-state index is 0.107. The first-order valence-electron chi connectivity index (χ1n) is 12.2. The van der Waals surface area contributed by atoms with Crippen LogP contribution in [-0.2, 0) is 14.3 Å². The van der Waals surface area contributed by atoms with Gasteiger partial charge in [-0.3, -0.25) is 9.59 Å². The highest BCUT2D eigenvalue weighted by molar-refractivity contribution is 5.99. The second-order valence-corrected chi connectivity index (χ2v) is 10.4. The summed E-state index contributed by atoms with van der Waals surface area (Å²) >= 11 is 0. The summed E-state index contributed by atoms with van der Waals surface area (Å²) in [4.78, 5) is 41.2. The Bertz CT molecular complexity index is 1110. The number of carbonyl (C=O) groups excluding carboxylic acids is 3. The second kappa shape index (κ2) is 11.0. The van der Waals surface area contributed by atoms with Crippen molar-refractivity contribution in [2.75, 3.05) is 19.0 Å². The van der Waals surface area contributed by atoms with Gasteiger partial charge in [0.1, 0.15) is 23.9 Å². The molecule has 3 amide bonds. The first-order chi connectivity index (χ1) is 16.9. The van der Waals surface area contributed by atoms with Crippen molar-refractivity contribution >= 4 is 23.6 Å². The minimum Gasteiger partial charge on any atom is -0.497 e. The van der Waals surface area contributed by atoms with Crippen LogP contribution in [-0.4, -0.2) is 48.1 Å². The van der Waals surface area contributed by atoms with Crippen LogP contribution >= 0.6 is 0 Å². The number of nitrogens with one attached hydrogen (secondary N) is 2. The van der Waals surface area contributed by atoms with Crippen molar-refractivity contribution < 1.29 is 23.9 Å². The fourth-order valence-corrected chi connectivity index (χ4v) is 4.12. The Balaban J connectivity index is 1.93. The molecule has 0 heterocycles. The average molecular weight is 496 g/mol. The number of alkyl carbamates (subject to hydrolysis) is 1. The number of hydrogen-bond donors (Lipinski definition) is 2. The Hall–Kier alpha value is -3.55. The third kappa shape index (κ3) is 6.99. The molecule has 1 aliphatic carbocycles. The molecule has 0 radical (unpaired) electrons. The molecule has 3 rings (SSSR count). The van der Waals surface area contributed by atoms with E-state index in [2.05, 4.69) is 10.6 Å². The van der Waals surface area contributed by atoms with E-state index in [0.29, 0.717) is 11.4 Å². The van der Waals surface area contributed by atoms with E-state index >= 15 is 0 Å². The number of amides is 3. The maximum atomic E-state index is 13.8. The molecule has 0 bridgehead atoms. The topological polar surface area (TPSA) is 97.0 Å². The van der Waals surface area contributed by atoms with Gasteiger partial charge in [0, 0.05) is 11.7 Å². The van der Waals surface area contributed by atoms with Crippen molar-refractivity contribution in [3.05, 3.63) is 59.2 Å². The monoisotopic (exact) mass is 495 g/mol. The van der Waals surface area contributed by atoms with Gasteiger partial charge < -0.3 is 25.0 Å². The summed E-state index contributed by atoms with van der Waals surface area (Å²) in [5.74, 6) is 0.261. The number of anilines is 1. The number of carbonyl (C=O) groups is 3. The lowest BCUT2D eigenvalue weighted by atomic mass is 9.96. The zero-order valence-corrected chi connectivity index (χ0v) is 22.2. The molecule has 2 aromatic rings. The zero-order valence-electron chi connectivity index (χ0n) is 22.2. The maximum Gasteiger partial charge on any atom is 0.408 e. The van der Waals surface area contributed by atoms with Gasteiger partial charge in [-0.25, -0.2) is 4.79 Å². The third-order valence-corrected chi connectivity index (χ3v) is 6.11. The van der Waals surface area contributed by atoms with Crippen LogP contribution in [0, 0.1) is 19.8 Å². The summed E-state index contributed by atoms with van der Waals surface area (Å²) in [6, 6.07) is 11.9. The summed E-state index contributed by atoms with van der Waals surface area (Å²) in [5.41, 5.74) is 2.56. The number of nitrogens with zero attached hydrogens (tertiary/aromatic N) is 1. The predicted molar refractivity (Wildman–Crippen MR) is 139 cm³/mol. The van der Waals surface area contributed by atoms with Crippen LogP contribution in [0.2, 0.25) is 0 Å². The van der Waals surface area contributed by atoms with Gasteiger partial charge in [0.2, 0.25) is 5.91 Å². The second-order valence-electron chi connectivity index (χ2n) is 10.4. The molecule has 0 spiro atoms. The maximum absolute atomic E-state index is 13.8. The van der Waals surface area contributed by atoms with Crippen molar-refractivity contribution in [2.24, 2.45) is 5.92 Å². The third-order valence-electron chi connectivity index (χ3n) is 6.11. The van der Waals surface area contributed by atoms with E-state index in [4.69, 9.17) is 9.47 Å². The van der Waals surface area contributed by atoms with E-state index in [0.717, 1.165) is 23.1 Å². The summed E-state index contributed by atoms with van der Waals surface area (Å²) in [7, 11) is 1.58. The molecule has 194 valence electrons. The Morgan fingerprint density at radius 3 is 2.28 bits per heavy atom. The van der Waals surface area contributed by atoms with E-state index in [1.807, 2.05) is 39.0 Å². The van der Waals surface area contributed by atoms with Crippen LogP contribution in [0.3, 0.4) is 0 Å². The molecular formula is C28H37N3O5. The number of aryl methyl sites for hydroxylation is 2. The number of rotatable bonds is 8. The Morgan fingerprint density at radius 2 is 1.72 bits per heavy atom. The van der Waals surface area contributed by atoms with E-state index in [1.54, 1.807) is 57.0 Å². The fourth-order valence-electron chi connectivity index (χ4n) is 4.12. The highest BCUT2D eigenvalue weighted by Crippen LogP contribution is 2.41. The molecule has 1 aliphatic rings. The summed E-state index contributed by atoms with van der Waals surface area (Å²) in [6.07, 6.45) is 0.112. The highest BCUT2D eigenvalue weighted by Gasteiger charge is 2.46. The largest absolute Gasteiger partial charge is 0.497 e. The smallest absolute Gasteiger partial charge is 0.408 e. The van der Waals surface area contributed by atoms with E-state index < -0.39 is 17.7 Å². The lowest BCUT2D eigenvalue weighted by Gasteiger charge is -2.33. The fraction of sp³-hybridized carbons (Fsp3) is 0.464. The van der Waals surface area contributed by atoms with E-state index in [-0.39, 0.29) is 30.3 Å². The molecule has 0 saturated heterocycles. The molecule has 2 N–H and O–H groups in total. The number of hydrogen-bond acceptors (Lipinski definition) is 5. The Kier molecular flexibility index (Phi) is 8.28. The molecule has 3 atom stereocenters. The lowest BCUT2D eigenvalue weighted by molar-refractivity contribution is -0.139. The Morgan fingerprint density at radius 1 is 1.08 bits per heavy atom. The molecule has 36 heavy (non-hydrogen) atoms. The quantitative estimate of drug-likeness (QED) is 0.551. The van der Waals surface area contributed by atoms with Gasteiger partial charge in [-0.15, -0.1) is 0 Å². The average Bonchev–Trinajstić information content (AvgIpc) is 3.52. The van der Waals surface area contributed by atoms with Crippen LogP contribution in [0.15, 0.2) is 42.5 Å². The first-order valence-corrected chi connectivity index (χ1v) is 12.2. The van der Waals surface area contributed by atoms with Crippen LogP contribution in [0.5, 0.6) is 5.75 Å². The highest BCUT2D eigenvalue weighted by atomic mass is 16.6. The minimum atomic E-state index is -0.866. The Labute approximate surface area is 213 Å². The van der Waals surface area contributed by atoms with Gasteiger partial charge >= 0.3 is 6.09 Å². The van der Waals surface area contributed by atoms with Gasteiger partial charge in [0.05, 0.1) is 7.11 Å². The van der Waals surface area contributed by atoms with Crippen molar-refractivity contribution in [2.45, 2.75) is 65.6 Å². The standard InChI is InChI=1S/C28H37N3O5/c1-17-8-9-18(2)22(14-17)25(26(33)30-20-10-12-21(35-7)13-11-20)31(23-15-19(23)3)24(32)16-29-27(34)36-28(4,5)6/h8-14,19,23,25H,15-16H2,1-7H3,(H,29,34)(H,30,33). The van der Waals surface area contributed by atoms with Crippen LogP contribution in [0.25, 0.3) is 0 Å². The number of benzene rings is 2. The first kappa shape index (κ1) is 27.0. The van der Waals surface area contributed by atoms with Gasteiger partial charge in [0.25, 0.3) is 5.91 Å². The molecule has 0 aliphatic heterocycles. The molecule has 8 heteroatoms. The van der Waals surface area contributed by atoms with Crippen LogP contribution in [0.4, 0.5) is 10.5 Å². The normalized spacial score (nSPS) is 17.5. The van der Waals surface area contributed by atoms with E-state index in [1.165, 1.54) is 0 Å². The van der Waals surface area contributed by atoms with Gasteiger partial charge in [0.15, 0.2) is 0 Å². The van der Waals surface area contributed by atoms with Crippen molar-refractivity contribution in [1.82, 2.24) is 10.2 Å².